The number of hydrogen-bond donors (Lipinski definition) is 0. The molecule has 0 aliphatic heterocycles. The topological polar surface area (TPSA) is 9.23 Å². The van der Waals surface area contributed by atoms with E-state index in [1.165, 1.54) is 0 Å². The van der Waals surface area contributed by atoms with Crippen LogP contribution in [0.15, 0.2) is 0 Å². The summed E-state index contributed by atoms with van der Waals surface area (Å²) in [6, 6.07) is 0. The second-order valence-electron chi connectivity index (χ2n) is 0.650. The molecular formula is CH3F3OTi. The quantitative estimate of drug-likeness (QED) is 0.494. The summed E-state index contributed by atoms with van der Waals surface area (Å²) in [6.07, 6.45) is 0. The van der Waals surface area contributed by atoms with Gasteiger partial charge in [-0.2, -0.15) is 0 Å². The van der Waals surface area contributed by atoms with Crippen LogP contribution in [0.4, 0.5) is 9.28 Å². The molecule has 0 rings (SSSR count). The van der Waals surface area contributed by atoms with E-state index < -0.39 is 18.6 Å². The van der Waals surface area contributed by atoms with Crippen molar-refractivity contribution in [2.75, 3.05) is 7.11 Å². The Morgan fingerprint density at radius 2 is 1.50 bits per heavy atom. The van der Waals surface area contributed by atoms with Gasteiger partial charge in [-0.1, -0.05) is 0 Å². The molecule has 0 aromatic carbocycles. The fraction of sp³-hybridized carbons (Fsp3) is 1.00. The maximum absolute atomic E-state index is 10.8. The van der Waals surface area contributed by atoms with Crippen molar-refractivity contribution in [3.8, 4) is 0 Å². The molecule has 0 unspecified atom stereocenters. The Morgan fingerprint density at radius 1 is 1.33 bits per heavy atom. The molecule has 0 aliphatic rings. The van der Waals surface area contributed by atoms with Crippen LogP contribution in [0.1, 0.15) is 0 Å². The van der Waals surface area contributed by atoms with Crippen molar-refractivity contribution in [3.05, 3.63) is 0 Å². The number of halogens is 3. The standard InChI is InChI=1S/CH3O.3FH.Ti/c1-2;;;;/h1H3;3*1H;/q-1;;;;+4/p-3. The van der Waals surface area contributed by atoms with Crippen LogP contribution in [-0.4, -0.2) is 7.11 Å². The van der Waals surface area contributed by atoms with E-state index in [1.54, 1.807) is 0 Å². The van der Waals surface area contributed by atoms with Crippen LogP contribution < -0.4 is 0 Å². The van der Waals surface area contributed by atoms with Gasteiger partial charge in [-0.25, -0.2) is 0 Å². The van der Waals surface area contributed by atoms with Crippen molar-refractivity contribution in [1.82, 2.24) is 0 Å². The van der Waals surface area contributed by atoms with Crippen LogP contribution in [0.2, 0.25) is 0 Å². The maximum atomic E-state index is 10.8. The van der Waals surface area contributed by atoms with E-state index in [1.807, 2.05) is 0 Å². The van der Waals surface area contributed by atoms with Gasteiger partial charge in [0.2, 0.25) is 0 Å². The SMILES string of the molecule is C[O][Ti]([F])([F])[F]. The zero-order valence-corrected chi connectivity index (χ0v) is 4.60. The second kappa shape index (κ2) is 1.95. The molecule has 1 nitrogen and oxygen atoms in total. The molecule has 0 aromatic heterocycles. The summed E-state index contributed by atoms with van der Waals surface area (Å²) in [5, 5.41) is 0. The van der Waals surface area contributed by atoms with E-state index in [9.17, 15) is 9.28 Å². The zero-order chi connectivity index (χ0) is 5.21. The van der Waals surface area contributed by atoms with Gasteiger partial charge < -0.3 is 0 Å². The first-order valence-electron chi connectivity index (χ1n) is 1.18. The van der Waals surface area contributed by atoms with E-state index in [4.69, 9.17) is 0 Å². The molecule has 5 heteroatoms. The first kappa shape index (κ1) is 6.46. The van der Waals surface area contributed by atoms with Gasteiger partial charge in [0.25, 0.3) is 0 Å². The fourth-order valence-corrected chi connectivity index (χ4v) is 0. The van der Waals surface area contributed by atoms with Crippen molar-refractivity contribution in [3.63, 3.8) is 0 Å². The molecule has 0 fully saturated rings. The average Bonchev–Trinajstić information content (AvgIpc) is 1.35. The summed E-state index contributed by atoms with van der Waals surface area (Å²) in [5.41, 5.74) is 0. The Morgan fingerprint density at radius 3 is 1.50 bits per heavy atom. The van der Waals surface area contributed by atoms with Crippen LogP contribution in [0.5, 0.6) is 0 Å². The van der Waals surface area contributed by atoms with Gasteiger partial charge >= 0.3 is 38.3 Å². The normalized spacial score (nSPS) is 12.0. The summed E-state index contributed by atoms with van der Waals surface area (Å²) >= 11 is -6.04. The van der Waals surface area contributed by atoms with E-state index in [0.29, 0.717) is 7.11 Å². The average molecular weight is 136 g/mol. The summed E-state index contributed by atoms with van der Waals surface area (Å²) in [7, 11) is 0.667. The molecular weight excluding hydrogens is 133 g/mol. The Balaban J connectivity index is 3.17. The Hall–Kier alpha value is 0.464. The van der Waals surface area contributed by atoms with Crippen LogP contribution in [0, 0.1) is 0 Å². The van der Waals surface area contributed by atoms with Crippen LogP contribution in [0.3, 0.4) is 0 Å². The predicted molar refractivity (Wildman–Crippen MR) is 10.3 cm³/mol. The van der Waals surface area contributed by atoms with E-state index in [-0.39, 0.29) is 0 Å². The molecule has 0 N–H and O–H groups in total. The zero-order valence-electron chi connectivity index (χ0n) is 3.04. The summed E-state index contributed by atoms with van der Waals surface area (Å²) in [4.78, 5) is 0. The van der Waals surface area contributed by atoms with Crippen molar-refractivity contribution in [1.29, 1.82) is 0 Å². The third kappa shape index (κ3) is 4.46. The molecule has 0 saturated carbocycles. The molecule has 0 aromatic rings. The van der Waals surface area contributed by atoms with Gasteiger partial charge in [0.15, 0.2) is 0 Å². The van der Waals surface area contributed by atoms with Crippen molar-refractivity contribution < 1.29 is 31.2 Å². The molecule has 6 heavy (non-hydrogen) atoms. The first-order valence-corrected chi connectivity index (χ1v) is 3.59. The van der Waals surface area contributed by atoms with E-state index >= 15 is 0 Å². The molecule has 0 radical (unpaired) electrons. The minimum absolute atomic E-state index is 0.667. The Kier molecular flexibility index (Phi) is 2.11. The number of hydrogen-bond acceptors (Lipinski definition) is 1. The molecule has 0 spiro atoms. The second-order valence-corrected chi connectivity index (χ2v) is 2.68. The van der Waals surface area contributed by atoms with Crippen LogP contribution in [-0.2, 0) is 21.9 Å². The molecule has 0 atom stereocenters. The Labute approximate surface area is 39.0 Å². The van der Waals surface area contributed by atoms with Gasteiger partial charge in [-0.15, -0.1) is 0 Å². The molecule has 0 bridgehead atoms. The third-order valence-electron chi connectivity index (χ3n) is 0.231. The van der Waals surface area contributed by atoms with E-state index in [0.717, 1.165) is 0 Å². The van der Waals surface area contributed by atoms with Gasteiger partial charge in [-0.3, -0.25) is 0 Å². The molecule has 0 amide bonds. The van der Waals surface area contributed by atoms with E-state index in [2.05, 4.69) is 3.32 Å². The number of rotatable bonds is 1. The Bertz CT molecular complexity index is 40.5. The van der Waals surface area contributed by atoms with Gasteiger partial charge in [0.1, 0.15) is 0 Å². The fourth-order valence-electron chi connectivity index (χ4n) is 0. The van der Waals surface area contributed by atoms with Crippen molar-refractivity contribution >= 4 is 0 Å². The molecule has 0 aliphatic carbocycles. The third-order valence-corrected chi connectivity index (χ3v) is 0.954. The minimum atomic E-state index is -6.04. The summed E-state index contributed by atoms with van der Waals surface area (Å²) in [5.74, 6) is 0. The monoisotopic (exact) mass is 136 g/mol. The van der Waals surface area contributed by atoms with Crippen LogP contribution in [0.25, 0.3) is 0 Å². The van der Waals surface area contributed by atoms with Gasteiger partial charge in [0, 0.05) is 0 Å². The summed E-state index contributed by atoms with van der Waals surface area (Å²) < 4.78 is 35.4. The first-order chi connectivity index (χ1) is 2.56. The summed E-state index contributed by atoms with van der Waals surface area (Å²) in [6.45, 7) is 0. The van der Waals surface area contributed by atoms with Gasteiger partial charge in [-0.05, 0) is 0 Å². The molecule has 0 saturated heterocycles. The molecule has 0 heterocycles. The van der Waals surface area contributed by atoms with Crippen LogP contribution >= 0.6 is 0 Å². The van der Waals surface area contributed by atoms with Crippen molar-refractivity contribution in [2.45, 2.75) is 0 Å². The van der Waals surface area contributed by atoms with Gasteiger partial charge in [0.05, 0.1) is 0 Å². The van der Waals surface area contributed by atoms with Crippen molar-refractivity contribution in [2.24, 2.45) is 0 Å². The predicted octanol–water partition coefficient (Wildman–Crippen LogP) is 1.36. The molecule has 38 valence electrons.